The zero-order chi connectivity index (χ0) is 21.7. The van der Waals surface area contributed by atoms with Crippen molar-refractivity contribution >= 4 is 35.2 Å². The van der Waals surface area contributed by atoms with E-state index >= 15 is 0 Å². The topological polar surface area (TPSA) is 68.7 Å². The molecule has 0 spiro atoms. The van der Waals surface area contributed by atoms with Gasteiger partial charge in [0.1, 0.15) is 5.75 Å². The highest BCUT2D eigenvalue weighted by Gasteiger charge is 2.54. The minimum atomic E-state index is -0.543. The summed E-state index contributed by atoms with van der Waals surface area (Å²) in [6.45, 7) is 1.50. The van der Waals surface area contributed by atoms with Crippen LogP contribution in [0.2, 0.25) is 5.02 Å². The van der Waals surface area contributed by atoms with Crippen LogP contribution >= 0.6 is 11.6 Å². The van der Waals surface area contributed by atoms with Crippen molar-refractivity contribution in [2.75, 3.05) is 32.1 Å². The second kappa shape index (κ2) is 7.46. The third-order valence-corrected chi connectivity index (χ3v) is 6.42. The van der Waals surface area contributed by atoms with Crippen LogP contribution in [-0.2, 0) is 11.3 Å². The summed E-state index contributed by atoms with van der Waals surface area (Å²) in [7, 11) is 3.32. The molecule has 0 N–H and O–H groups in total. The molecular weight excluding hydrogens is 418 g/mol. The molecule has 0 radical (unpaired) electrons. The zero-order valence-corrected chi connectivity index (χ0v) is 18.0. The average Bonchev–Trinajstić information content (AvgIpc) is 3.36. The predicted octanol–water partition coefficient (Wildman–Crippen LogP) is 2.63. The normalized spacial score (nSPS) is 22.6. The van der Waals surface area contributed by atoms with Crippen molar-refractivity contribution in [1.29, 1.82) is 0 Å². The molecule has 2 aromatic rings. The van der Waals surface area contributed by atoms with Crippen LogP contribution in [0.3, 0.4) is 0 Å². The number of anilines is 1. The second-order valence-corrected chi connectivity index (χ2v) is 8.15. The van der Waals surface area contributed by atoms with Gasteiger partial charge in [-0.3, -0.25) is 9.69 Å². The molecule has 3 heterocycles. The molecule has 8 nitrogen and oxygen atoms in total. The van der Waals surface area contributed by atoms with Crippen molar-refractivity contribution in [3.8, 4) is 5.75 Å². The number of fused-ring (bicyclic) bond motifs is 3. The van der Waals surface area contributed by atoms with Crippen molar-refractivity contribution in [3.63, 3.8) is 0 Å². The molecule has 0 bridgehead atoms. The first-order valence-corrected chi connectivity index (χ1v) is 10.4. The van der Waals surface area contributed by atoms with E-state index in [-0.39, 0.29) is 18.5 Å². The van der Waals surface area contributed by atoms with Crippen molar-refractivity contribution in [1.82, 2.24) is 14.7 Å². The molecule has 31 heavy (non-hydrogen) atoms. The Hall–Kier alpha value is -3.26. The van der Waals surface area contributed by atoms with Crippen LogP contribution < -0.4 is 9.64 Å². The Morgan fingerprint density at radius 1 is 1.10 bits per heavy atom. The van der Waals surface area contributed by atoms with E-state index in [1.807, 2.05) is 47.4 Å². The molecule has 3 amide bonds. The van der Waals surface area contributed by atoms with Gasteiger partial charge in [0.05, 0.1) is 13.7 Å². The SMILES string of the molecule is COc1ccc(N2CCN3C2=NC2C3C(=O)N(Cc3ccccc3Cl)C(=O)N2C)cc1. The molecule has 2 aromatic carbocycles. The maximum absolute atomic E-state index is 13.4. The number of hydrogen-bond acceptors (Lipinski definition) is 6. The number of carbonyl (C=O) groups is 2. The lowest BCUT2D eigenvalue weighted by Gasteiger charge is -2.40. The number of rotatable bonds is 4. The number of methoxy groups -OCH3 is 1. The zero-order valence-electron chi connectivity index (χ0n) is 17.2. The number of ether oxygens (including phenoxy) is 1. The van der Waals surface area contributed by atoms with Gasteiger partial charge in [0.15, 0.2) is 12.2 Å². The highest BCUT2D eigenvalue weighted by Crippen LogP contribution is 2.34. The Morgan fingerprint density at radius 3 is 2.55 bits per heavy atom. The number of benzene rings is 2. The molecule has 0 saturated carbocycles. The molecule has 2 unspecified atom stereocenters. The molecule has 5 rings (SSSR count). The smallest absolute Gasteiger partial charge is 0.328 e. The van der Waals surface area contributed by atoms with E-state index in [0.29, 0.717) is 24.1 Å². The molecule has 2 saturated heterocycles. The number of imide groups is 1. The fraction of sp³-hybridized carbons (Fsp3) is 0.318. The molecule has 160 valence electrons. The lowest BCUT2D eigenvalue weighted by Crippen LogP contribution is -2.64. The fourth-order valence-electron chi connectivity index (χ4n) is 4.39. The van der Waals surface area contributed by atoms with E-state index in [1.165, 1.54) is 4.90 Å². The van der Waals surface area contributed by atoms with Crippen molar-refractivity contribution in [2.24, 2.45) is 4.99 Å². The maximum atomic E-state index is 13.4. The summed E-state index contributed by atoms with van der Waals surface area (Å²) in [5.41, 5.74) is 1.70. The Bertz CT molecular complexity index is 1070. The number of carbonyl (C=O) groups excluding carboxylic acids is 2. The van der Waals surface area contributed by atoms with Gasteiger partial charge >= 0.3 is 6.03 Å². The first kappa shape index (κ1) is 19.7. The van der Waals surface area contributed by atoms with E-state index in [0.717, 1.165) is 17.0 Å². The van der Waals surface area contributed by atoms with Gasteiger partial charge in [-0.15, -0.1) is 0 Å². The van der Waals surface area contributed by atoms with Gasteiger partial charge < -0.3 is 19.4 Å². The van der Waals surface area contributed by atoms with Crippen molar-refractivity contribution < 1.29 is 14.3 Å². The van der Waals surface area contributed by atoms with Gasteiger partial charge in [-0.1, -0.05) is 29.8 Å². The first-order valence-electron chi connectivity index (χ1n) is 10.1. The van der Waals surface area contributed by atoms with E-state index in [1.54, 1.807) is 25.1 Å². The summed E-state index contributed by atoms with van der Waals surface area (Å²) < 4.78 is 5.24. The average molecular weight is 440 g/mol. The summed E-state index contributed by atoms with van der Waals surface area (Å²) >= 11 is 6.27. The number of urea groups is 1. The highest BCUT2D eigenvalue weighted by molar-refractivity contribution is 6.31. The van der Waals surface area contributed by atoms with Crippen LogP contribution in [0.25, 0.3) is 0 Å². The molecule has 9 heteroatoms. The summed E-state index contributed by atoms with van der Waals surface area (Å²) in [5.74, 6) is 1.24. The Kier molecular flexibility index (Phi) is 4.74. The fourth-order valence-corrected chi connectivity index (χ4v) is 4.58. The van der Waals surface area contributed by atoms with Gasteiger partial charge in [-0.05, 0) is 35.9 Å². The third-order valence-electron chi connectivity index (χ3n) is 6.05. The number of nitrogens with zero attached hydrogens (tertiary/aromatic N) is 5. The molecule has 2 atom stereocenters. The second-order valence-electron chi connectivity index (χ2n) is 7.74. The number of amides is 3. The Balaban J connectivity index is 1.43. The molecule has 0 aliphatic carbocycles. The lowest BCUT2D eigenvalue weighted by atomic mass is 10.1. The van der Waals surface area contributed by atoms with E-state index in [4.69, 9.17) is 21.3 Å². The van der Waals surface area contributed by atoms with Crippen LogP contribution in [0.15, 0.2) is 53.5 Å². The molecule has 0 aromatic heterocycles. The summed E-state index contributed by atoms with van der Waals surface area (Å²) in [5, 5.41) is 0.531. The summed E-state index contributed by atoms with van der Waals surface area (Å²) in [6.07, 6.45) is -0.543. The summed E-state index contributed by atoms with van der Waals surface area (Å²) in [6, 6.07) is 14.1. The number of aliphatic imine (C=N–C) groups is 1. The van der Waals surface area contributed by atoms with Gasteiger partial charge in [0.2, 0.25) is 5.96 Å². The van der Waals surface area contributed by atoms with Crippen LogP contribution in [0, 0.1) is 0 Å². The van der Waals surface area contributed by atoms with Crippen LogP contribution in [0.4, 0.5) is 10.5 Å². The lowest BCUT2D eigenvalue weighted by molar-refractivity contribution is -0.137. The number of guanidine groups is 1. The molecular formula is C22H22ClN5O3. The van der Waals surface area contributed by atoms with Gasteiger partial charge in [-0.2, -0.15) is 0 Å². The van der Waals surface area contributed by atoms with Gasteiger partial charge in [-0.25, -0.2) is 9.79 Å². The monoisotopic (exact) mass is 439 g/mol. The standard InChI is InChI=1S/C22H22ClN5O3/c1-25-19-18(20(29)28(22(25)30)13-14-5-3-4-6-17(14)23)27-12-11-26(21(27)24-19)15-7-9-16(31-2)10-8-15/h3-10,18-19H,11-13H2,1-2H3. The van der Waals surface area contributed by atoms with Crippen LogP contribution in [0.5, 0.6) is 5.75 Å². The van der Waals surface area contributed by atoms with Gasteiger partial charge in [0.25, 0.3) is 5.91 Å². The minimum absolute atomic E-state index is 0.135. The van der Waals surface area contributed by atoms with Gasteiger partial charge in [0, 0.05) is 30.8 Å². The third kappa shape index (κ3) is 3.09. The molecule has 3 aliphatic heterocycles. The van der Waals surface area contributed by atoms with E-state index in [2.05, 4.69) is 4.90 Å². The van der Waals surface area contributed by atoms with Crippen LogP contribution in [0.1, 0.15) is 5.56 Å². The van der Waals surface area contributed by atoms with E-state index in [9.17, 15) is 9.59 Å². The largest absolute Gasteiger partial charge is 0.497 e. The number of hydrogen-bond donors (Lipinski definition) is 0. The van der Waals surface area contributed by atoms with Crippen molar-refractivity contribution in [3.05, 3.63) is 59.1 Å². The quantitative estimate of drug-likeness (QED) is 0.732. The minimum Gasteiger partial charge on any atom is -0.497 e. The highest BCUT2D eigenvalue weighted by atomic mass is 35.5. The number of halogens is 1. The molecule has 2 fully saturated rings. The maximum Gasteiger partial charge on any atom is 0.328 e. The number of likely N-dealkylation sites (N-methyl/N-ethyl adjacent to an activating group) is 1. The Morgan fingerprint density at radius 2 is 1.84 bits per heavy atom. The summed E-state index contributed by atoms with van der Waals surface area (Å²) in [4.78, 5) is 38.1. The van der Waals surface area contributed by atoms with E-state index < -0.39 is 12.2 Å². The Labute approximate surface area is 185 Å². The molecule has 3 aliphatic rings. The first-order chi connectivity index (χ1) is 15.0. The van der Waals surface area contributed by atoms with Crippen LogP contribution in [-0.4, -0.2) is 72.1 Å². The predicted molar refractivity (Wildman–Crippen MR) is 117 cm³/mol. The van der Waals surface area contributed by atoms with Crippen molar-refractivity contribution in [2.45, 2.75) is 18.8 Å².